The molecule has 0 bridgehead atoms. The highest BCUT2D eigenvalue weighted by Gasteiger charge is 2.19. The molecule has 1 heterocycles. The summed E-state index contributed by atoms with van der Waals surface area (Å²) in [5.41, 5.74) is 0. The zero-order valence-electron chi connectivity index (χ0n) is 10.2. The standard InChI is InChI=1S/C12H23N3/c1-10(2)14-12(7-13)9-15-6-4-5-11(3)8-15/h10-12,14H,4-6,8-9H2,1-3H3. The summed E-state index contributed by atoms with van der Waals surface area (Å²) in [5.74, 6) is 0.789. The van der Waals surface area contributed by atoms with E-state index < -0.39 is 0 Å². The first-order valence-corrected chi connectivity index (χ1v) is 6.00. The quantitative estimate of drug-likeness (QED) is 0.764. The van der Waals surface area contributed by atoms with Crippen molar-refractivity contribution in [2.45, 2.75) is 45.7 Å². The lowest BCUT2D eigenvalue weighted by molar-refractivity contribution is 0.174. The number of rotatable bonds is 4. The van der Waals surface area contributed by atoms with Crippen molar-refractivity contribution in [2.75, 3.05) is 19.6 Å². The maximum Gasteiger partial charge on any atom is 0.108 e. The maximum atomic E-state index is 9.03. The largest absolute Gasteiger partial charge is 0.300 e. The molecule has 1 saturated heterocycles. The lowest BCUT2D eigenvalue weighted by Crippen LogP contribution is -2.46. The van der Waals surface area contributed by atoms with Crippen molar-refractivity contribution >= 4 is 0 Å². The number of nitriles is 1. The van der Waals surface area contributed by atoms with Gasteiger partial charge < -0.3 is 4.90 Å². The van der Waals surface area contributed by atoms with E-state index >= 15 is 0 Å². The van der Waals surface area contributed by atoms with Gasteiger partial charge in [-0.15, -0.1) is 0 Å². The van der Waals surface area contributed by atoms with E-state index in [4.69, 9.17) is 5.26 Å². The lowest BCUT2D eigenvalue weighted by Gasteiger charge is -2.32. The number of hydrogen-bond acceptors (Lipinski definition) is 3. The minimum absolute atomic E-state index is 0.0182. The summed E-state index contributed by atoms with van der Waals surface area (Å²) in [6, 6.07) is 2.71. The second kappa shape index (κ2) is 6.09. The van der Waals surface area contributed by atoms with Gasteiger partial charge in [-0.1, -0.05) is 6.92 Å². The summed E-state index contributed by atoms with van der Waals surface area (Å²) in [6.45, 7) is 9.65. The monoisotopic (exact) mass is 209 g/mol. The van der Waals surface area contributed by atoms with Crippen LogP contribution in [0.1, 0.15) is 33.6 Å². The molecule has 1 rings (SSSR count). The SMILES string of the molecule is CC1CCCN(CC(C#N)NC(C)C)C1. The lowest BCUT2D eigenvalue weighted by atomic mass is 10.00. The molecule has 1 N–H and O–H groups in total. The Kier molecular flexibility index (Phi) is 5.07. The first-order valence-electron chi connectivity index (χ1n) is 6.00. The van der Waals surface area contributed by atoms with Gasteiger partial charge in [-0.2, -0.15) is 5.26 Å². The van der Waals surface area contributed by atoms with Crippen LogP contribution in [-0.2, 0) is 0 Å². The minimum atomic E-state index is -0.0182. The molecule has 0 aromatic carbocycles. The third-order valence-corrected chi connectivity index (χ3v) is 2.87. The van der Waals surface area contributed by atoms with Gasteiger partial charge in [0, 0.05) is 19.1 Å². The van der Waals surface area contributed by atoms with Crippen molar-refractivity contribution in [3.8, 4) is 6.07 Å². The van der Waals surface area contributed by atoms with Crippen LogP contribution in [0.5, 0.6) is 0 Å². The van der Waals surface area contributed by atoms with Gasteiger partial charge >= 0.3 is 0 Å². The molecule has 3 heteroatoms. The molecule has 86 valence electrons. The zero-order chi connectivity index (χ0) is 11.3. The van der Waals surface area contributed by atoms with Crippen molar-refractivity contribution in [1.29, 1.82) is 5.26 Å². The molecular weight excluding hydrogens is 186 g/mol. The fourth-order valence-electron chi connectivity index (χ4n) is 2.24. The highest BCUT2D eigenvalue weighted by atomic mass is 15.2. The molecule has 0 radical (unpaired) electrons. The van der Waals surface area contributed by atoms with E-state index in [0.717, 1.165) is 25.6 Å². The number of likely N-dealkylation sites (tertiary alicyclic amines) is 1. The molecule has 2 atom stereocenters. The molecular formula is C12H23N3. The summed E-state index contributed by atoms with van der Waals surface area (Å²) in [5, 5.41) is 12.3. The van der Waals surface area contributed by atoms with Crippen LogP contribution >= 0.6 is 0 Å². The number of hydrogen-bond donors (Lipinski definition) is 1. The molecule has 0 saturated carbocycles. The van der Waals surface area contributed by atoms with E-state index in [1.54, 1.807) is 0 Å². The molecule has 15 heavy (non-hydrogen) atoms. The Morgan fingerprint density at radius 2 is 2.27 bits per heavy atom. The van der Waals surface area contributed by atoms with Gasteiger partial charge in [-0.05, 0) is 39.2 Å². The van der Waals surface area contributed by atoms with Gasteiger partial charge in [0.25, 0.3) is 0 Å². The molecule has 3 nitrogen and oxygen atoms in total. The topological polar surface area (TPSA) is 39.1 Å². The van der Waals surface area contributed by atoms with Crippen LogP contribution in [0.4, 0.5) is 0 Å². The molecule has 0 aliphatic carbocycles. The predicted octanol–water partition coefficient (Wildman–Crippen LogP) is 1.61. The van der Waals surface area contributed by atoms with Crippen LogP contribution in [0.15, 0.2) is 0 Å². The van der Waals surface area contributed by atoms with Gasteiger partial charge in [-0.3, -0.25) is 5.32 Å². The molecule has 1 aliphatic rings. The minimum Gasteiger partial charge on any atom is -0.300 e. The van der Waals surface area contributed by atoms with Crippen LogP contribution < -0.4 is 5.32 Å². The molecule has 1 aliphatic heterocycles. The second-order valence-corrected chi connectivity index (χ2v) is 5.01. The number of nitrogens with one attached hydrogen (secondary N) is 1. The Morgan fingerprint density at radius 3 is 2.80 bits per heavy atom. The van der Waals surface area contributed by atoms with E-state index in [1.807, 2.05) is 0 Å². The smallest absolute Gasteiger partial charge is 0.108 e. The van der Waals surface area contributed by atoms with E-state index in [1.165, 1.54) is 12.8 Å². The number of piperidine rings is 1. The summed E-state index contributed by atoms with van der Waals surface area (Å²) in [4.78, 5) is 2.41. The first kappa shape index (κ1) is 12.5. The molecule has 0 spiro atoms. The van der Waals surface area contributed by atoms with Gasteiger partial charge in [0.2, 0.25) is 0 Å². The van der Waals surface area contributed by atoms with Crippen molar-refractivity contribution < 1.29 is 0 Å². The highest BCUT2D eigenvalue weighted by Crippen LogP contribution is 2.15. The average molecular weight is 209 g/mol. The fraction of sp³-hybridized carbons (Fsp3) is 0.917. The summed E-state index contributed by atoms with van der Waals surface area (Å²) < 4.78 is 0. The Balaban J connectivity index is 2.34. The molecule has 1 fully saturated rings. The second-order valence-electron chi connectivity index (χ2n) is 5.01. The summed E-state index contributed by atoms with van der Waals surface area (Å²) >= 11 is 0. The van der Waals surface area contributed by atoms with Gasteiger partial charge in [-0.25, -0.2) is 0 Å². The van der Waals surface area contributed by atoms with Gasteiger partial charge in [0.05, 0.1) is 6.07 Å². The average Bonchev–Trinajstić information content (AvgIpc) is 2.16. The third kappa shape index (κ3) is 4.63. The van der Waals surface area contributed by atoms with Crippen molar-refractivity contribution in [3.63, 3.8) is 0 Å². The van der Waals surface area contributed by atoms with Crippen LogP contribution in [0.25, 0.3) is 0 Å². The van der Waals surface area contributed by atoms with Crippen LogP contribution in [-0.4, -0.2) is 36.6 Å². The number of nitrogens with zero attached hydrogens (tertiary/aromatic N) is 2. The van der Waals surface area contributed by atoms with Crippen molar-refractivity contribution in [2.24, 2.45) is 5.92 Å². The molecule has 0 aromatic heterocycles. The van der Waals surface area contributed by atoms with E-state index in [9.17, 15) is 0 Å². The Bertz CT molecular complexity index is 219. The van der Waals surface area contributed by atoms with E-state index in [0.29, 0.717) is 6.04 Å². The Morgan fingerprint density at radius 1 is 1.53 bits per heavy atom. The molecule has 0 aromatic rings. The maximum absolute atomic E-state index is 9.03. The van der Waals surface area contributed by atoms with Gasteiger partial charge in [0.1, 0.15) is 6.04 Å². The van der Waals surface area contributed by atoms with E-state index in [2.05, 4.69) is 37.1 Å². The van der Waals surface area contributed by atoms with Gasteiger partial charge in [0.15, 0.2) is 0 Å². The van der Waals surface area contributed by atoms with Crippen LogP contribution in [0.3, 0.4) is 0 Å². The fourth-order valence-corrected chi connectivity index (χ4v) is 2.24. The predicted molar refractivity (Wildman–Crippen MR) is 62.5 cm³/mol. The molecule has 0 amide bonds. The van der Waals surface area contributed by atoms with Crippen molar-refractivity contribution in [1.82, 2.24) is 10.2 Å². The molecule has 2 unspecified atom stereocenters. The summed E-state index contributed by atoms with van der Waals surface area (Å²) in [7, 11) is 0. The van der Waals surface area contributed by atoms with Crippen molar-refractivity contribution in [3.05, 3.63) is 0 Å². The zero-order valence-corrected chi connectivity index (χ0v) is 10.2. The summed E-state index contributed by atoms with van der Waals surface area (Å²) in [6.07, 6.45) is 2.62. The van der Waals surface area contributed by atoms with Crippen LogP contribution in [0, 0.1) is 17.2 Å². The first-order chi connectivity index (χ1) is 7.11. The Hall–Kier alpha value is -0.590. The Labute approximate surface area is 93.5 Å². The van der Waals surface area contributed by atoms with Crippen LogP contribution in [0.2, 0.25) is 0 Å². The normalized spacial score (nSPS) is 25.1. The van der Waals surface area contributed by atoms with E-state index in [-0.39, 0.29) is 6.04 Å². The highest BCUT2D eigenvalue weighted by molar-refractivity contribution is 4.93. The third-order valence-electron chi connectivity index (χ3n) is 2.87.